The van der Waals surface area contributed by atoms with Crippen LogP contribution >= 0.6 is 46.4 Å². The maximum atomic E-state index is 13.5. The van der Waals surface area contributed by atoms with Crippen LogP contribution in [0, 0.1) is 34.6 Å². The van der Waals surface area contributed by atoms with Crippen molar-refractivity contribution < 1.29 is 66.5 Å². The summed E-state index contributed by atoms with van der Waals surface area (Å²) in [5.74, 6) is 3.47. The van der Waals surface area contributed by atoms with Gasteiger partial charge >= 0.3 is 24.4 Å². The average Bonchev–Trinajstić information content (AvgIpc) is 1.12. The van der Waals surface area contributed by atoms with Crippen molar-refractivity contribution in [2.75, 3.05) is 162 Å². The van der Waals surface area contributed by atoms with Gasteiger partial charge in [0, 0.05) is 126 Å². The molecule has 0 aliphatic carbocycles. The minimum atomic E-state index is -0.428. The van der Waals surface area contributed by atoms with Gasteiger partial charge in [-0.15, -0.1) is 0 Å². The summed E-state index contributed by atoms with van der Waals surface area (Å²) in [4.78, 5) is 129. The van der Waals surface area contributed by atoms with Gasteiger partial charge in [-0.2, -0.15) is 0 Å². The zero-order chi connectivity index (χ0) is 93.8. The molecule has 12 rings (SSSR count). The fraction of sp³-hybridized carbons (Fsp3) is 0.506. The zero-order valence-corrected chi connectivity index (χ0v) is 79.6. The minimum absolute atomic E-state index is 0.156. The lowest BCUT2D eigenvalue weighted by atomic mass is 10.1. The number of aromatic nitrogens is 8. The van der Waals surface area contributed by atoms with E-state index in [1.807, 2.05) is 125 Å². The average molecular weight is 1860 g/mol. The van der Waals surface area contributed by atoms with E-state index in [4.69, 9.17) is 109 Å². The number of aryl methyl sites for hydroxylation is 5. The van der Waals surface area contributed by atoms with Crippen LogP contribution in [0.25, 0.3) is 45.6 Å². The molecular formula is C89H119Cl4N17O18. The van der Waals surface area contributed by atoms with Gasteiger partial charge < -0.3 is 93.1 Å². The van der Waals surface area contributed by atoms with Gasteiger partial charge in [0.2, 0.25) is 0 Å². The summed E-state index contributed by atoms with van der Waals surface area (Å²) in [7, 11) is 12.5. The van der Waals surface area contributed by atoms with Crippen molar-refractivity contribution in [2.24, 2.45) is 0 Å². The highest BCUT2D eigenvalue weighted by Crippen LogP contribution is 2.36. The number of rotatable bonds is 27. The van der Waals surface area contributed by atoms with Crippen molar-refractivity contribution in [2.45, 2.75) is 165 Å². The SMILES string of the molecule is CCO[C@H]1CN(C(=O)OC)CC1Nc1c(C)nc(-c2ccc(Cl)cc2Cl)n(CC)c1=O.CCO[C@H]1CN(C(=O)OC)CC1Nc1c(C)nc(-c2ccc(N(C)C)cc2Cl)n(CC)c1=O.CCO[C@H]1CN(C(=O)OC)CC1Nc1c(C)nc(-c2ccc(OC)cc2C)n(CC)c1=O.CCO[C@H]1CN(C(=O)OC)CC1Nc1c(C)nc(-c2ccc(OC)cc2Cl)n(CC)c1=O. The van der Waals surface area contributed by atoms with E-state index in [0.717, 1.165) is 22.6 Å². The van der Waals surface area contributed by atoms with E-state index in [1.54, 1.807) is 109 Å². The summed E-state index contributed by atoms with van der Waals surface area (Å²) < 4.78 is 59.6. The number of anilines is 5. The fourth-order valence-electron chi connectivity index (χ4n) is 15.8. The Morgan fingerprint density at radius 1 is 0.367 bits per heavy atom. The molecule has 4 saturated heterocycles. The van der Waals surface area contributed by atoms with E-state index in [1.165, 1.54) is 28.4 Å². The first-order chi connectivity index (χ1) is 61.2. The summed E-state index contributed by atoms with van der Waals surface area (Å²) in [5.41, 5.74) is 7.77. The first kappa shape index (κ1) is 101. The molecule has 0 bridgehead atoms. The molecule has 4 fully saturated rings. The molecule has 4 N–H and O–H groups in total. The van der Waals surface area contributed by atoms with Gasteiger partial charge in [-0.05, 0) is 168 Å². The van der Waals surface area contributed by atoms with E-state index in [2.05, 4.69) is 26.3 Å². The highest BCUT2D eigenvalue weighted by atomic mass is 35.5. The van der Waals surface area contributed by atoms with Gasteiger partial charge in [0.25, 0.3) is 22.2 Å². The Kier molecular flexibility index (Phi) is 36.5. The van der Waals surface area contributed by atoms with Crippen molar-refractivity contribution in [3.8, 4) is 57.1 Å². The Balaban J connectivity index is 0.000000193. The number of benzene rings is 4. The van der Waals surface area contributed by atoms with Crippen LogP contribution in [0.5, 0.6) is 11.5 Å². The molecule has 39 heteroatoms. The quantitative estimate of drug-likeness (QED) is 0.0347. The van der Waals surface area contributed by atoms with Crippen LogP contribution in [0.3, 0.4) is 0 Å². The third-order valence-corrected chi connectivity index (χ3v) is 23.5. The molecule has 128 heavy (non-hydrogen) atoms. The molecule has 4 aromatic heterocycles. The summed E-state index contributed by atoms with van der Waals surface area (Å²) >= 11 is 25.4. The fourth-order valence-corrected chi connectivity index (χ4v) is 16.8. The van der Waals surface area contributed by atoms with E-state index in [9.17, 15) is 38.4 Å². The Morgan fingerprint density at radius 3 is 0.883 bits per heavy atom. The topological polar surface area (TPSA) is 364 Å². The lowest BCUT2D eigenvalue weighted by molar-refractivity contribution is 0.0614. The molecule has 696 valence electrons. The Hall–Kier alpha value is -10.9. The van der Waals surface area contributed by atoms with Crippen LogP contribution in [-0.4, -0.2) is 266 Å². The van der Waals surface area contributed by atoms with Gasteiger partial charge in [0.15, 0.2) is 0 Å². The predicted octanol–water partition coefficient (Wildman–Crippen LogP) is 13.0. The molecule has 4 amide bonds. The number of hydrogen-bond acceptors (Lipinski definition) is 27. The lowest BCUT2D eigenvalue weighted by Gasteiger charge is -2.23. The molecule has 8 heterocycles. The monoisotopic (exact) mass is 1850 g/mol. The number of amides is 4. The van der Waals surface area contributed by atoms with Gasteiger partial charge in [0.1, 0.15) is 57.5 Å². The molecule has 35 nitrogen and oxygen atoms in total. The van der Waals surface area contributed by atoms with E-state index < -0.39 is 24.4 Å². The number of likely N-dealkylation sites (tertiary alicyclic amines) is 4. The minimum Gasteiger partial charge on any atom is -0.497 e. The molecule has 0 spiro atoms. The van der Waals surface area contributed by atoms with E-state index in [-0.39, 0.29) is 70.8 Å². The first-order valence-electron chi connectivity index (χ1n) is 42.4. The smallest absolute Gasteiger partial charge is 0.409 e. The first-order valence-corrected chi connectivity index (χ1v) is 43.9. The Morgan fingerprint density at radius 2 is 0.633 bits per heavy atom. The van der Waals surface area contributed by atoms with Crippen LogP contribution < -0.4 is 57.9 Å². The summed E-state index contributed by atoms with van der Waals surface area (Å²) in [6.45, 7) is 30.9. The van der Waals surface area contributed by atoms with Gasteiger partial charge in [-0.25, -0.2) is 39.1 Å². The molecule has 8 atom stereocenters. The van der Waals surface area contributed by atoms with Crippen molar-refractivity contribution >= 4 is 99.2 Å². The van der Waals surface area contributed by atoms with Crippen molar-refractivity contribution in [1.29, 1.82) is 0 Å². The van der Waals surface area contributed by atoms with Crippen molar-refractivity contribution in [3.05, 3.63) is 163 Å². The molecule has 0 radical (unpaired) electrons. The maximum absolute atomic E-state index is 13.5. The highest BCUT2D eigenvalue weighted by Gasteiger charge is 2.42. The normalized spacial score (nSPS) is 18.0. The molecule has 4 aliphatic rings. The van der Waals surface area contributed by atoms with Gasteiger partial charge in [0.05, 0.1) is 155 Å². The molecule has 0 saturated carbocycles. The van der Waals surface area contributed by atoms with Crippen molar-refractivity contribution in [3.63, 3.8) is 0 Å². The second kappa shape index (κ2) is 46.4. The third kappa shape index (κ3) is 23.4. The molecular weight excluding hydrogens is 1740 g/mol. The lowest BCUT2D eigenvalue weighted by Crippen LogP contribution is -2.38. The van der Waals surface area contributed by atoms with Crippen LogP contribution in [0.2, 0.25) is 20.1 Å². The number of ether oxygens (including phenoxy) is 10. The second-order valence-electron chi connectivity index (χ2n) is 30.5. The number of halogens is 4. The van der Waals surface area contributed by atoms with Gasteiger partial charge in [-0.1, -0.05) is 46.4 Å². The molecule has 8 aromatic rings. The van der Waals surface area contributed by atoms with Crippen LogP contribution in [0.15, 0.2) is 92.0 Å². The summed E-state index contributed by atoms with van der Waals surface area (Å²) in [6.07, 6.45) is -2.76. The number of nitrogens with one attached hydrogen (secondary N) is 4. The number of nitrogens with zero attached hydrogens (tertiary/aromatic N) is 13. The molecule has 4 aliphatic heterocycles. The summed E-state index contributed by atoms with van der Waals surface area (Å²) in [5, 5.41) is 15.1. The summed E-state index contributed by atoms with van der Waals surface area (Å²) in [6, 6.07) is 20.7. The maximum Gasteiger partial charge on any atom is 0.409 e. The molecule has 4 aromatic carbocycles. The zero-order valence-electron chi connectivity index (χ0n) is 76.5. The van der Waals surface area contributed by atoms with Gasteiger partial charge in [-0.3, -0.25) is 37.4 Å². The number of carbonyl (C=O) groups excluding carboxylic acids is 4. The standard InChI is InChI=1S/C23H32ClN5O4.C23H32N4O5.C22H29ClN4O5.C21H26Cl2N4O4/c1-7-29-21(16-10-9-15(27(4)5)11-17(16)24)25-14(3)20(22(29)30)26-18-12-28(23(31)32-6)13-19(18)33-8-2;1-7-27-21(17-10-9-16(30-5)11-14(17)3)24-15(4)20(22(27)28)25-18-12-26(23(29)31-6)13-19(18)32-8-2;1-6-27-20(15-9-8-14(30-4)10-16(15)23)24-13(3)19(21(27)28)25-17-11-26(22(29)31-5)12-18(17)32-7-2;1-5-27-19(14-8-7-13(22)9-15(14)23)24-12(3)18(20(27)28)25-16-10-26(21(29)30-4)11-17(16)31-6-2/h9-11,18-19,26H,7-8,12-13H2,1-6H3;9-11,18-19,25H,7-8,12-13H2,1-6H3;8-10,17-18,25H,6-7,11-12H2,1-5H3;7-9,16-17,25H,5-6,10-11H2,1-4H3/t2*18?,19-;17?,18-;16?,17-/m0000/s1. The highest BCUT2D eigenvalue weighted by molar-refractivity contribution is 6.36. The Labute approximate surface area is 765 Å². The molecule has 4 unspecified atom stereocenters. The Bertz CT molecular complexity index is 5340. The third-order valence-electron chi connectivity index (χ3n) is 22.3. The van der Waals surface area contributed by atoms with Crippen molar-refractivity contribution in [1.82, 2.24) is 57.8 Å². The van der Waals surface area contributed by atoms with Crippen LogP contribution in [0.4, 0.5) is 47.6 Å². The van der Waals surface area contributed by atoms with Crippen LogP contribution in [0.1, 0.15) is 83.7 Å². The van der Waals surface area contributed by atoms with E-state index >= 15 is 0 Å². The second-order valence-corrected chi connectivity index (χ2v) is 32.1. The largest absolute Gasteiger partial charge is 0.497 e. The predicted molar refractivity (Wildman–Crippen MR) is 497 cm³/mol. The number of methoxy groups -OCH3 is 6. The number of carbonyl (C=O) groups is 4. The van der Waals surface area contributed by atoms with E-state index in [0.29, 0.717) is 216 Å². The number of hydrogen-bond donors (Lipinski definition) is 4. The van der Waals surface area contributed by atoms with Crippen LogP contribution in [-0.2, 0) is 64.1 Å².